The standard InChI is InChI=1S/C31H31FN6O4/c1-18-7-8-20-21(9-10-23(32)25(20)37-28(39)31(2)12-13-31)26(18)42-27-22(6-3-14-33-27)24-11-15-34-29(36-24)35-19-5-4-16-38(17-19)30(40)41/h3,6-11,14-15,19H,4-5,12-13,16-17H2,1-2H3,(H,37,39)(H,40,41)(H,34,35,36)/t19-/m0/s1. The number of anilines is 2. The molecule has 1 saturated heterocycles. The van der Waals surface area contributed by atoms with Crippen LogP contribution in [0.1, 0.15) is 38.2 Å². The van der Waals surface area contributed by atoms with E-state index in [1.165, 1.54) is 11.0 Å². The summed E-state index contributed by atoms with van der Waals surface area (Å²) in [4.78, 5) is 39.1. The quantitative estimate of drug-likeness (QED) is 0.239. The molecule has 42 heavy (non-hydrogen) atoms. The van der Waals surface area contributed by atoms with Gasteiger partial charge in [0.1, 0.15) is 11.6 Å². The number of nitrogens with zero attached hydrogens (tertiary/aromatic N) is 4. The van der Waals surface area contributed by atoms with E-state index >= 15 is 0 Å². The predicted octanol–water partition coefficient (Wildman–Crippen LogP) is 6.22. The molecule has 3 N–H and O–H groups in total. The molecule has 1 atom stereocenters. The van der Waals surface area contributed by atoms with Crippen LogP contribution < -0.4 is 15.4 Å². The Morgan fingerprint density at radius 1 is 1.10 bits per heavy atom. The lowest BCUT2D eigenvalue weighted by Crippen LogP contribution is -2.44. The molecule has 4 aromatic rings. The van der Waals surface area contributed by atoms with Gasteiger partial charge in [0.2, 0.25) is 17.7 Å². The number of fused-ring (bicyclic) bond motifs is 1. The van der Waals surface area contributed by atoms with Gasteiger partial charge >= 0.3 is 6.09 Å². The monoisotopic (exact) mass is 570 g/mol. The molecule has 0 spiro atoms. The number of benzene rings is 2. The second-order valence-corrected chi connectivity index (χ2v) is 11.2. The minimum absolute atomic E-state index is 0.106. The summed E-state index contributed by atoms with van der Waals surface area (Å²) < 4.78 is 21.4. The van der Waals surface area contributed by atoms with Crippen LogP contribution in [-0.2, 0) is 4.79 Å². The molecular formula is C31H31FN6O4. The minimum Gasteiger partial charge on any atom is -0.465 e. The fraction of sp³-hybridized carbons (Fsp3) is 0.323. The van der Waals surface area contributed by atoms with Crippen LogP contribution in [0.2, 0.25) is 0 Å². The van der Waals surface area contributed by atoms with Gasteiger partial charge in [0.05, 0.1) is 16.9 Å². The maximum absolute atomic E-state index is 15.0. The first-order valence-electron chi connectivity index (χ1n) is 14.0. The summed E-state index contributed by atoms with van der Waals surface area (Å²) in [6.45, 7) is 4.63. The molecule has 2 aromatic carbocycles. The molecule has 10 nitrogen and oxygen atoms in total. The molecule has 0 radical (unpaired) electrons. The third kappa shape index (κ3) is 5.41. The lowest BCUT2D eigenvalue weighted by atomic mass is 10.0. The first kappa shape index (κ1) is 27.4. The number of carboxylic acid groups (broad SMARTS) is 1. The molecule has 1 saturated carbocycles. The number of hydrogen-bond donors (Lipinski definition) is 3. The average molecular weight is 571 g/mol. The Balaban J connectivity index is 1.31. The smallest absolute Gasteiger partial charge is 0.407 e. The predicted molar refractivity (Wildman–Crippen MR) is 156 cm³/mol. The van der Waals surface area contributed by atoms with Crippen molar-refractivity contribution < 1.29 is 23.8 Å². The summed E-state index contributed by atoms with van der Waals surface area (Å²) in [6.07, 6.45) is 5.42. The number of pyridine rings is 1. The number of aromatic nitrogens is 3. The summed E-state index contributed by atoms with van der Waals surface area (Å²) in [5, 5.41) is 16.6. The zero-order valence-electron chi connectivity index (χ0n) is 23.4. The number of rotatable bonds is 7. The fourth-order valence-electron chi connectivity index (χ4n) is 5.20. The molecule has 2 amide bonds. The highest BCUT2D eigenvalue weighted by molar-refractivity contribution is 6.06. The topological polar surface area (TPSA) is 130 Å². The summed E-state index contributed by atoms with van der Waals surface area (Å²) in [6, 6.07) is 11.8. The van der Waals surface area contributed by atoms with Crippen LogP contribution in [0, 0.1) is 18.2 Å². The second kappa shape index (κ2) is 10.9. The molecule has 1 aliphatic carbocycles. The first-order valence-corrected chi connectivity index (χ1v) is 14.0. The highest BCUT2D eigenvalue weighted by Crippen LogP contribution is 2.47. The number of amides is 2. The van der Waals surface area contributed by atoms with Crippen molar-refractivity contribution in [1.29, 1.82) is 0 Å². The Kier molecular flexibility index (Phi) is 7.09. The van der Waals surface area contributed by atoms with Crippen LogP contribution in [0.15, 0.2) is 54.9 Å². The van der Waals surface area contributed by atoms with Crippen molar-refractivity contribution >= 4 is 34.4 Å². The fourth-order valence-corrected chi connectivity index (χ4v) is 5.20. The lowest BCUT2D eigenvalue weighted by molar-refractivity contribution is -0.120. The highest BCUT2D eigenvalue weighted by atomic mass is 19.1. The Hall–Kier alpha value is -4.80. The molecule has 0 bridgehead atoms. The van der Waals surface area contributed by atoms with E-state index in [1.807, 2.05) is 26.0 Å². The number of aryl methyl sites for hydroxylation is 1. The number of hydrogen-bond acceptors (Lipinski definition) is 7. The van der Waals surface area contributed by atoms with Crippen molar-refractivity contribution in [2.75, 3.05) is 23.7 Å². The lowest BCUT2D eigenvalue weighted by Gasteiger charge is -2.31. The molecular weight excluding hydrogens is 539 g/mol. The Morgan fingerprint density at radius 2 is 1.90 bits per heavy atom. The van der Waals surface area contributed by atoms with Crippen LogP contribution in [0.25, 0.3) is 22.0 Å². The summed E-state index contributed by atoms with van der Waals surface area (Å²) in [7, 11) is 0. The number of ether oxygens (including phenoxy) is 1. The Labute approximate surface area is 242 Å². The SMILES string of the molecule is Cc1ccc2c(NC(=O)C3(C)CC3)c(F)ccc2c1Oc1ncccc1-c1ccnc(N[C@H]2CCCN(C(=O)O)C2)n1. The third-order valence-electron chi connectivity index (χ3n) is 8.01. The van der Waals surface area contributed by atoms with Crippen molar-refractivity contribution in [3.63, 3.8) is 0 Å². The number of nitrogens with one attached hydrogen (secondary N) is 2. The summed E-state index contributed by atoms with van der Waals surface area (Å²) in [5.74, 6) is 0.456. The van der Waals surface area contributed by atoms with Crippen LogP contribution in [0.3, 0.4) is 0 Å². The van der Waals surface area contributed by atoms with Gasteiger partial charge in [0, 0.05) is 47.7 Å². The zero-order chi connectivity index (χ0) is 29.4. The summed E-state index contributed by atoms with van der Waals surface area (Å²) >= 11 is 0. The van der Waals surface area contributed by atoms with E-state index in [-0.39, 0.29) is 17.6 Å². The van der Waals surface area contributed by atoms with E-state index in [2.05, 4.69) is 25.6 Å². The van der Waals surface area contributed by atoms with Gasteiger partial charge in [0.15, 0.2) is 0 Å². The van der Waals surface area contributed by atoms with Gasteiger partial charge < -0.3 is 25.4 Å². The van der Waals surface area contributed by atoms with Gasteiger partial charge in [-0.3, -0.25) is 4.79 Å². The van der Waals surface area contributed by atoms with E-state index in [4.69, 9.17) is 4.74 Å². The van der Waals surface area contributed by atoms with Gasteiger partial charge in [-0.25, -0.2) is 24.1 Å². The number of carbonyl (C=O) groups excluding carboxylic acids is 1. The largest absolute Gasteiger partial charge is 0.465 e. The van der Waals surface area contributed by atoms with Crippen LogP contribution in [-0.4, -0.2) is 56.1 Å². The highest BCUT2D eigenvalue weighted by Gasteiger charge is 2.45. The van der Waals surface area contributed by atoms with Crippen LogP contribution >= 0.6 is 0 Å². The molecule has 2 aromatic heterocycles. The number of carbonyl (C=O) groups is 2. The van der Waals surface area contributed by atoms with Gasteiger partial charge in [-0.05, 0) is 68.5 Å². The van der Waals surface area contributed by atoms with E-state index in [1.54, 1.807) is 36.7 Å². The van der Waals surface area contributed by atoms with E-state index in [0.29, 0.717) is 52.7 Å². The number of halogens is 1. The molecule has 11 heteroatoms. The van der Waals surface area contributed by atoms with Crippen molar-refractivity contribution in [2.24, 2.45) is 5.41 Å². The molecule has 1 aliphatic heterocycles. The second-order valence-electron chi connectivity index (χ2n) is 11.2. The van der Waals surface area contributed by atoms with Gasteiger partial charge in [-0.2, -0.15) is 0 Å². The van der Waals surface area contributed by atoms with Crippen molar-refractivity contribution in [3.8, 4) is 22.9 Å². The van der Waals surface area contributed by atoms with Gasteiger partial charge in [0.25, 0.3) is 0 Å². The molecule has 0 unspecified atom stereocenters. The number of likely N-dealkylation sites (tertiary alicyclic amines) is 1. The molecule has 3 heterocycles. The summed E-state index contributed by atoms with van der Waals surface area (Å²) in [5.41, 5.74) is 1.66. The molecule has 2 fully saturated rings. The van der Waals surface area contributed by atoms with Gasteiger partial charge in [-0.15, -0.1) is 0 Å². The van der Waals surface area contributed by atoms with Crippen LogP contribution in [0.5, 0.6) is 11.6 Å². The third-order valence-corrected chi connectivity index (χ3v) is 8.01. The molecule has 6 rings (SSSR count). The van der Waals surface area contributed by atoms with Gasteiger partial charge in [-0.1, -0.05) is 19.1 Å². The van der Waals surface area contributed by atoms with E-state index in [0.717, 1.165) is 31.2 Å². The van der Waals surface area contributed by atoms with E-state index < -0.39 is 17.3 Å². The molecule has 216 valence electrons. The number of piperidine rings is 1. The maximum Gasteiger partial charge on any atom is 0.407 e. The minimum atomic E-state index is -0.938. The Morgan fingerprint density at radius 3 is 2.69 bits per heavy atom. The van der Waals surface area contributed by atoms with E-state index in [9.17, 15) is 19.1 Å². The molecule has 2 aliphatic rings. The first-order chi connectivity index (χ1) is 20.2. The Bertz CT molecular complexity index is 1690. The van der Waals surface area contributed by atoms with Crippen molar-refractivity contribution in [1.82, 2.24) is 19.9 Å². The van der Waals surface area contributed by atoms with Crippen LogP contribution in [0.4, 0.5) is 20.8 Å². The zero-order valence-corrected chi connectivity index (χ0v) is 23.4. The maximum atomic E-state index is 15.0. The normalized spacial score (nSPS) is 17.5. The van der Waals surface area contributed by atoms with Crippen molar-refractivity contribution in [2.45, 2.75) is 45.6 Å². The average Bonchev–Trinajstić information content (AvgIpc) is 3.75. The van der Waals surface area contributed by atoms with Crippen molar-refractivity contribution in [3.05, 3.63) is 66.2 Å².